The SMILES string of the molecule is CN(C)c1cccc(NC(=O)N(S)c2ccc(C(N)=O)cc2)c1. The molecule has 0 unspecified atom stereocenters. The van der Waals surface area contributed by atoms with E-state index >= 15 is 0 Å². The molecule has 2 aromatic rings. The highest BCUT2D eigenvalue weighted by Crippen LogP contribution is 2.21. The van der Waals surface area contributed by atoms with Crippen molar-refractivity contribution in [3.05, 3.63) is 54.1 Å². The molecule has 0 radical (unpaired) electrons. The number of nitrogens with two attached hydrogens (primary N) is 1. The van der Waals surface area contributed by atoms with Gasteiger partial charge in [0.2, 0.25) is 5.91 Å². The summed E-state index contributed by atoms with van der Waals surface area (Å²) in [5, 5.41) is 2.77. The highest BCUT2D eigenvalue weighted by molar-refractivity contribution is 7.82. The second-order valence-corrected chi connectivity index (χ2v) is 5.50. The quantitative estimate of drug-likeness (QED) is 0.754. The van der Waals surface area contributed by atoms with Gasteiger partial charge in [0, 0.05) is 31.0 Å². The first-order valence-corrected chi connectivity index (χ1v) is 7.25. The lowest BCUT2D eigenvalue weighted by molar-refractivity contribution is 0.100. The van der Waals surface area contributed by atoms with Crippen LogP contribution in [-0.2, 0) is 0 Å². The van der Waals surface area contributed by atoms with Gasteiger partial charge in [0.1, 0.15) is 0 Å². The summed E-state index contributed by atoms with van der Waals surface area (Å²) >= 11 is 4.19. The van der Waals surface area contributed by atoms with Crippen molar-refractivity contribution in [3.8, 4) is 0 Å². The molecule has 0 saturated heterocycles. The number of rotatable bonds is 4. The molecule has 7 heteroatoms. The molecule has 0 heterocycles. The van der Waals surface area contributed by atoms with E-state index in [2.05, 4.69) is 18.1 Å². The van der Waals surface area contributed by atoms with Crippen LogP contribution in [0.5, 0.6) is 0 Å². The van der Waals surface area contributed by atoms with Gasteiger partial charge in [-0.05, 0) is 42.5 Å². The highest BCUT2D eigenvalue weighted by atomic mass is 32.1. The first-order chi connectivity index (χ1) is 10.9. The molecule has 0 aliphatic rings. The van der Waals surface area contributed by atoms with E-state index in [0.717, 1.165) is 9.99 Å². The molecular formula is C16H18N4O2S. The van der Waals surface area contributed by atoms with Gasteiger partial charge in [-0.3, -0.25) is 4.79 Å². The Hall–Kier alpha value is -2.67. The summed E-state index contributed by atoms with van der Waals surface area (Å²) in [6, 6.07) is 13.3. The molecular weight excluding hydrogens is 312 g/mol. The number of hydrogen-bond acceptors (Lipinski definition) is 4. The molecule has 2 rings (SSSR count). The number of urea groups is 1. The van der Waals surface area contributed by atoms with Crippen molar-refractivity contribution in [1.82, 2.24) is 0 Å². The number of anilines is 3. The first-order valence-electron chi connectivity index (χ1n) is 6.85. The Labute approximate surface area is 140 Å². The van der Waals surface area contributed by atoms with Crippen LogP contribution in [0.3, 0.4) is 0 Å². The minimum Gasteiger partial charge on any atom is -0.378 e. The van der Waals surface area contributed by atoms with Crippen molar-refractivity contribution in [2.75, 3.05) is 28.6 Å². The minimum absolute atomic E-state index is 0.370. The number of carbonyl (C=O) groups is 2. The number of thiol groups is 1. The van der Waals surface area contributed by atoms with Crippen molar-refractivity contribution < 1.29 is 9.59 Å². The van der Waals surface area contributed by atoms with E-state index in [0.29, 0.717) is 16.9 Å². The Kier molecular flexibility index (Phi) is 5.13. The second kappa shape index (κ2) is 7.06. The Balaban J connectivity index is 2.10. The molecule has 0 fully saturated rings. The van der Waals surface area contributed by atoms with Gasteiger partial charge in [0.25, 0.3) is 0 Å². The van der Waals surface area contributed by atoms with Crippen LogP contribution in [0.4, 0.5) is 21.9 Å². The molecule has 23 heavy (non-hydrogen) atoms. The molecule has 3 amide bonds. The Morgan fingerprint density at radius 2 is 1.70 bits per heavy atom. The minimum atomic E-state index is -0.521. The molecule has 0 atom stereocenters. The fraction of sp³-hybridized carbons (Fsp3) is 0.125. The number of carbonyl (C=O) groups excluding carboxylic acids is 2. The first kappa shape index (κ1) is 16.7. The maximum atomic E-state index is 12.2. The van der Waals surface area contributed by atoms with Crippen molar-refractivity contribution in [1.29, 1.82) is 0 Å². The summed E-state index contributed by atoms with van der Waals surface area (Å²) in [6.45, 7) is 0. The summed E-state index contributed by atoms with van der Waals surface area (Å²) < 4.78 is 1.16. The predicted octanol–water partition coefficient (Wildman–Crippen LogP) is 2.73. The maximum Gasteiger partial charge on any atom is 0.336 e. The van der Waals surface area contributed by atoms with Crippen LogP contribution in [-0.4, -0.2) is 26.0 Å². The summed E-state index contributed by atoms with van der Waals surface area (Å²) in [5.41, 5.74) is 7.72. The van der Waals surface area contributed by atoms with E-state index in [9.17, 15) is 9.59 Å². The van der Waals surface area contributed by atoms with E-state index in [-0.39, 0.29) is 0 Å². The lowest BCUT2D eigenvalue weighted by atomic mass is 10.2. The van der Waals surface area contributed by atoms with Crippen LogP contribution in [0.25, 0.3) is 0 Å². The number of nitrogens with one attached hydrogen (secondary N) is 1. The van der Waals surface area contributed by atoms with Crippen LogP contribution < -0.4 is 20.3 Å². The smallest absolute Gasteiger partial charge is 0.336 e. The largest absolute Gasteiger partial charge is 0.378 e. The number of nitrogens with zero attached hydrogens (tertiary/aromatic N) is 2. The van der Waals surface area contributed by atoms with Gasteiger partial charge in [0.15, 0.2) is 0 Å². The van der Waals surface area contributed by atoms with Crippen molar-refractivity contribution in [3.63, 3.8) is 0 Å². The van der Waals surface area contributed by atoms with E-state index in [1.165, 1.54) is 0 Å². The maximum absolute atomic E-state index is 12.2. The van der Waals surface area contributed by atoms with Crippen molar-refractivity contribution in [2.24, 2.45) is 5.73 Å². The highest BCUT2D eigenvalue weighted by Gasteiger charge is 2.13. The van der Waals surface area contributed by atoms with Gasteiger partial charge in [-0.1, -0.05) is 18.9 Å². The van der Waals surface area contributed by atoms with E-state index < -0.39 is 11.9 Å². The number of hydrogen-bond donors (Lipinski definition) is 3. The number of amides is 3. The summed E-state index contributed by atoms with van der Waals surface area (Å²) in [5.74, 6) is -0.521. The van der Waals surface area contributed by atoms with Crippen LogP contribution in [0.1, 0.15) is 10.4 Å². The second-order valence-electron chi connectivity index (χ2n) is 5.10. The molecule has 0 spiro atoms. The molecule has 2 aromatic carbocycles. The Morgan fingerprint density at radius 1 is 1.04 bits per heavy atom. The fourth-order valence-electron chi connectivity index (χ4n) is 1.92. The molecule has 120 valence electrons. The molecule has 0 aromatic heterocycles. The molecule has 0 bridgehead atoms. The fourth-order valence-corrected chi connectivity index (χ4v) is 2.11. The zero-order valence-electron chi connectivity index (χ0n) is 12.9. The Bertz CT molecular complexity index is 716. The summed E-state index contributed by atoms with van der Waals surface area (Å²) in [4.78, 5) is 25.2. The van der Waals surface area contributed by atoms with E-state index in [4.69, 9.17) is 5.73 Å². The third-order valence-corrected chi connectivity index (χ3v) is 3.62. The zero-order valence-corrected chi connectivity index (χ0v) is 13.7. The van der Waals surface area contributed by atoms with Crippen molar-refractivity contribution >= 4 is 41.8 Å². The topological polar surface area (TPSA) is 78.7 Å². The van der Waals surface area contributed by atoms with Crippen LogP contribution >= 0.6 is 12.8 Å². The van der Waals surface area contributed by atoms with Crippen LogP contribution in [0.15, 0.2) is 48.5 Å². The van der Waals surface area contributed by atoms with E-state index in [1.807, 2.05) is 37.2 Å². The molecule has 0 aliphatic carbocycles. The third-order valence-electron chi connectivity index (χ3n) is 3.20. The monoisotopic (exact) mass is 330 g/mol. The van der Waals surface area contributed by atoms with E-state index in [1.54, 1.807) is 30.3 Å². The number of primary amides is 1. The van der Waals surface area contributed by atoms with Gasteiger partial charge >= 0.3 is 6.03 Å². The average Bonchev–Trinajstić information content (AvgIpc) is 2.54. The number of benzene rings is 2. The van der Waals surface area contributed by atoms with Crippen molar-refractivity contribution in [2.45, 2.75) is 0 Å². The standard InChI is InChI=1S/C16H18N4O2S/c1-19(2)14-5-3-4-12(10-14)18-16(22)20(23)13-8-6-11(7-9-13)15(17)21/h3-10,23H,1-2H3,(H2,17,21)(H,18,22). The Morgan fingerprint density at radius 3 is 2.26 bits per heavy atom. The van der Waals surface area contributed by atoms with Gasteiger partial charge in [-0.25, -0.2) is 9.10 Å². The van der Waals surface area contributed by atoms with Crippen LogP contribution in [0.2, 0.25) is 0 Å². The summed E-state index contributed by atoms with van der Waals surface area (Å²) in [7, 11) is 3.85. The van der Waals surface area contributed by atoms with Gasteiger partial charge in [-0.15, -0.1) is 0 Å². The van der Waals surface area contributed by atoms with Gasteiger partial charge in [-0.2, -0.15) is 0 Å². The predicted molar refractivity (Wildman–Crippen MR) is 96.2 cm³/mol. The molecule has 0 saturated carbocycles. The zero-order chi connectivity index (χ0) is 17.0. The van der Waals surface area contributed by atoms with Gasteiger partial charge < -0.3 is 16.0 Å². The third kappa shape index (κ3) is 4.17. The lowest BCUT2D eigenvalue weighted by Crippen LogP contribution is -2.27. The van der Waals surface area contributed by atoms with Crippen LogP contribution in [0, 0.1) is 0 Å². The normalized spacial score (nSPS) is 10.0. The lowest BCUT2D eigenvalue weighted by Gasteiger charge is -2.18. The molecule has 0 aliphatic heterocycles. The van der Waals surface area contributed by atoms with Gasteiger partial charge in [0.05, 0.1) is 5.69 Å². The average molecular weight is 330 g/mol. The molecule has 6 nitrogen and oxygen atoms in total. The molecule has 3 N–H and O–H groups in total. The summed E-state index contributed by atoms with van der Waals surface area (Å²) in [6.07, 6.45) is 0.